The van der Waals surface area contributed by atoms with Crippen molar-refractivity contribution < 1.29 is 18.3 Å². The Morgan fingerprint density at radius 1 is 1.23 bits per heavy atom. The summed E-state index contributed by atoms with van der Waals surface area (Å²) in [6.45, 7) is 4.79. The molecule has 0 spiro atoms. The standard InChI is InChI=1S/C18H27N3O4S/c1-14(18(23)19(2)15-7-12-26(24,25)13-15)20-8-10-21(11-9-20)16-5-3-4-6-17(16)22/h3-6,14-15,22H,7-13H2,1-2H3/t14-,15-/m0/s1. The van der Waals surface area contributed by atoms with Gasteiger partial charge in [0.2, 0.25) is 5.91 Å². The molecule has 2 aliphatic rings. The fraction of sp³-hybridized carbons (Fsp3) is 0.611. The minimum Gasteiger partial charge on any atom is -0.506 e. The highest BCUT2D eigenvalue weighted by Crippen LogP contribution is 2.27. The number of aromatic hydroxyl groups is 1. The van der Waals surface area contributed by atoms with E-state index in [2.05, 4.69) is 9.80 Å². The quantitative estimate of drug-likeness (QED) is 0.820. The van der Waals surface area contributed by atoms with E-state index >= 15 is 0 Å². The fourth-order valence-electron chi connectivity index (χ4n) is 3.79. The topological polar surface area (TPSA) is 81.2 Å². The number of phenols is 1. The van der Waals surface area contributed by atoms with Gasteiger partial charge in [-0.1, -0.05) is 12.1 Å². The number of piperazine rings is 1. The molecule has 0 saturated carbocycles. The van der Waals surface area contributed by atoms with Crippen LogP contribution in [0.5, 0.6) is 5.75 Å². The molecule has 1 N–H and O–H groups in total. The van der Waals surface area contributed by atoms with Gasteiger partial charge in [0.1, 0.15) is 5.75 Å². The van der Waals surface area contributed by atoms with E-state index in [1.54, 1.807) is 24.1 Å². The lowest BCUT2D eigenvalue weighted by molar-refractivity contribution is -0.136. The molecular weight excluding hydrogens is 354 g/mol. The Morgan fingerprint density at radius 2 is 1.88 bits per heavy atom. The number of benzene rings is 1. The lowest BCUT2D eigenvalue weighted by atomic mass is 10.1. The number of carbonyl (C=O) groups is 1. The van der Waals surface area contributed by atoms with Crippen LogP contribution >= 0.6 is 0 Å². The molecule has 0 aliphatic carbocycles. The first-order valence-electron chi connectivity index (χ1n) is 9.02. The maximum Gasteiger partial charge on any atom is 0.239 e. The normalized spacial score (nSPS) is 24.4. The van der Waals surface area contributed by atoms with E-state index < -0.39 is 9.84 Å². The molecule has 2 fully saturated rings. The third-order valence-electron chi connectivity index (χ3n) is 5.55. The van der Waals surface area contributed by atoms with Gasteiger partial charge in [-0.05, 0) is 25.5 Å². The summed E-state index contributed by atoms with van der Waals surface area (Å²) in [7, 11) is -1.29. The molecule has 0 radical (unpaired) electrons. The molecule has 8 heteroatoms. The minimum atomic E-state index is -3.00. The van der Waals surface area contributed by atoms with Gasteiger partial charge in [-0.15, -0.1) is 0 Å². The number of carbonyl (C=O) groups excluding carboxylic acids is 1. The first kappa shape index (κ1) is 19.0. The van der Waals surface area contributed by atoms with Crippen LogP contribution in [0.15, 0.2) is 24.3 Å². The number of hydrogen-bond donors (Lipinski definition) is 1. The fourth-order valence-corrected chi connectivity index (χ4v) is 5.57. The summed E-state index contributed by atoms with van der Waals surface area (Å²) in [6, 6.07) is 6.78. The van der Waals surface area contributed by atoms with E-state index in [1.165, 1.54) is 0 Å². The maximum absolute atomic E-state index is 12.8. The lowest BCUT2D eigenvalue weighted by Crippen LogP contribution is -2.55. The Bertz CT molecular complexity index is 759. The van der Waals surface area contributed by atoms with Gasteiger partial charge in [-0.25, -0.2) is 8.42 Å². The number of likely N-dealkylation sites (N-methyl/N-ethyl adjacent to an activating group) is 1. The summed E-state index contributed by atoms with van der Waals surface area (Å²) < 4.78 is 23.3. The zero-order chi connectivity index (χ0) is 18.9. The predicted octanol–water partition coefficient (Wildman–Crippen LogP) is 0.548. The van der Waals surface area contributed by atoms with Crippen molar-refractivity contribution in [3.05, 3.63) is 24.3 Å². The Morgan fingerprint density at radius 3 is 2.46 bits per heavy atom. The van der Waals surface area contributed by atoms with Crippen LogP contribution < -0.4 is 4.90 Å². The van der Waals surface area contributed by atoms with Crippen LogP contribution in [0.25, 0.3) is 0 Å². The first-order chi connectivity index (χ1) is 12.3. The van der Waals surface area contributed by atoms with Crippen LogP contribution in [-0.4, -0.2) is 86.0 Å². The van der Waals surface area contributed by atoms with Crippen LogP contribution in [0.4, 0.5) is 5.69 Å². The van der Waals surface area contributed by atoms with E-state index in [9.17, 15) is 18.3 Å². The summed E-state index contributed by atoms with van der Waals surface area (Å²) in [5, 5.41) is 10.00. The van der Waals surface area contributed by atoms with E-state index in [-0.39, 0.29) is 35.2 Å². The van der Waals surface area contributed by atoms with Gasteiger partial charge in [0, 0.05) is 39.3 Å². The second-order valence-corrected chi connectivity index (χ2v) is 9.42. The average molecular weight is 381 g/mol. The van der Waals surface area contributed by atoms with Crippen molar-refractivity contribution in [2.45, 2.75) is 25.4 Å². The summed E-state index contributed by atoms with van der Waals surface area (Å²) in [5.74, 6) is 0.488. The highest BCUT2D eigenvalue weighted by atomic mass is 32.2. The monoisotopic (exact) mass is 381 g/mol. The highest BCUT2D eigenvalue weighted by Gasteiger charge is 2.36. The summed E-state index contributed by atoms with van der Waals surface area (Å²) in [6.07, 6.45) is 0.526. The molecule has 144 valence electrons. The second kappa shape index (κ2) is 7.44. The Balaban J connectivity index is 1.57. The number of amides is 1. The van der Waals surface area contributed by atoms with Crippen molar-refractivity contribution in [1.82, 2.24) is 9.80 Å². The summed E-state index contributed by atoms with van der Waals surface area (Å²) >= 11 is 0. The molecule has 2 atom stereocenters. The summed E-state index contributed by atoms with van der Waals surface area (Å²) in [5.41, 5.74) is 0.819. The number of sulfone groups is 1. The van der Waals surface area contributed by atoms with Crippen molar-refractivity contribution in [3.63, 3.8) is 0 Å². The molecule has 0 bridgehead atoms. The third-order valence-corrected chi connectivity index (χ3v) is 7.30. The van der Waals surface area contributed by atoms with Gasteiger partial charge < -0.3 is 14.9 Å². The van der Waals surface area contributed by atoms with Crippen molar-refractivity contribution >= 4 is 21.4 Å². The van der Waals surface area contributed by atoms with Crippen LogP contribution in [0.1, 0.15) is 13.3 Å². The minimum absolute atomic E-state index is 0.0249. The van der Waals surface area contributed by atoms with E-state index in [0.29, 0.717) is 6.42 Å². The zero-order valence-corrected chi connectivity index (χ0v) is 16.2. The van der Waals surface area contributed by atoms with Gasteiger partial charge in [-0.3, -0.25) is 9.69 Å². The Labute approximate surface area is 155 Å². The van der Waals surface area contributed by atoms with Gasteiger partial charge in [0.15, 0.2) is 9.84 Å². The molecule has 7 nitrogen and oxygen atoms in total. The molecular formula is C18H27N3O4S. The molecule has 2 heterocycles. The Hall–Kier alpha value is -1.80. The Kier molecular flexibility index (Phi) is 5.43. The SMILES string of the molecule is C[C@@H](C(=O)N(C)[C@H]1CCS(=O)(=O)C1)N1CCN(c2ccccc2O)CC1. The number of phenolic OH excluding ortho intramolecular Hbond substituents is 1. The number of para-hydroxylation sites is 2. The second-order valence-electron chi connectivity index (χ2n) is 7.19. The molecule has 1 amide bonds. The summed E-state index contributed by atoms with van der Waals surface area (Å²) in [4.78, 5) is 18.6. The average Bonchev–Trinajstić information content (AvgIpc) is 3.00. The van der Waals surface area contributed by atoms with Crippen LogP contribution in [0.2, 0.25) is 0 Å². The van der Waals surface area contributed by atoms with Crippen LogP contribution in [-0.2, 0) is 14.6 Å². The van der Waals surface area contributed by atoms with Crippen LogP contribution in [0, 0.1) is 0 Å². The first-order valence-corrected chi connectivity index (χ1v) is 10.8. The molecule has 3 rings (SSSR count). The largest absolute Gasteiger partial charge is 0.506 e. The van der Waals surface area contributed by atoms with Crippen LogP contribution in [0.3, 0.4) is 0 Å². The third kappa shape index (κ3) is 3.96. The molecule has 0 unspecified atom stereocenters. The molecule has 26 heavy (non-hydrogen) atoms. The zero-order valence-electron chi connectivity index (χ0n) is 15.3. The van der Waals surface area contributed by atoms with E-state index in [0.717, 1.165) is 31.9 Å². The number of hydrogen-bond acceptors (Lipinski definition) is 6. The smallest absolute Gasteiger partial charge is 0.239 e. The molecule has 2 saturated heterocycles. The van der Waals surface area contributed by atoms with E-state index in [4.69, 9.17) is 0 Å². The van der Waals surface area contributed by atoms with Crippen molar-refractivity contribution in [3.8, 4) is 5.75 Å². The maximum atomic E-state index is 12.8. The predicted molar refractivity (Wildman–Crippen MR) is 101 cm³/mol. The number of anilines is 1. The van der Waals surface area contributed by atoms with Crippen molar-refractivity contribution in [1.29, 1.82) is 0 Å². The number of nitrogens with zero attached hydrogens (tertiary/aromatic N) is 3. The van der Waals surface area contributed by atoms with Crippen molar-refractivity contribution in [2.24, 2.45) is 0 Å². The molecule has 1 aromatic carbocycles. The molecule has 1 aromatic rings. The van der Waals surface area contributed by atoms with Gasteiger partial charge in [0.25, 0.3) is 0 Å². The molecule has 2 aliphatic heterocycles. The molecule has 0 aromatic heterocycles. The lowest BCUT2D eigenvalue weighted by Gasteiger charge is -2.40. The van der Waals surface area contributed by atoms with Gasteiger partial charge >= 0.3 is 0 Å². The highest BCUT2D eigenvalue weighted by molar-refractivity contribution is 7.91. The number of rotatable bonds is 4. The van der Waals surface area contributed by atoms with Gasteiger partial charge in [-0.2, -0.15) is 0 Å². The van der Waals surface area contributed by atoms with Gasteiger partial charge in [0.05, 0.1) is 23.2 Å². The van der Waals surface area contributed by atoms with E-state index in [1.807, 2.05) is 19.1 Å². The van der Waals surface area contributed by atoms with Crippen molar-refractivity contribution in [2.75, 3.05) is 49.6 Å².